The average molecular weight is 273 g/mol. The molecule has 1 saturated heterocycles. The van der Waals surface area contributed by atoms with Crippen molar-refractivity contribution in [3.8, 4) is 11.5 Å². The van der Waals surface area contributed by atoms with Gasteiger partial charge in [0.15, 0.2) is 11.5 Å². The lowest BCUT2D eigenvalue weighted by Gasteiger charge is -2.19. The van der Waals surface area contributed by atoms with Crippen molar-refractivity contribution in [2.45, 2.75) is 25.7 Å². The Hall–Kier alpha value is -2.04. The molecule has 2 heterocycles. The van der Waals surface area contributed by atoms with Crippen LogP contribution in [0.4, 0.5) is 5.69 Å². The molecule has 1 aromatic carbocycles. The van der Waals surface area contributed by atoms with Gasteiger partial charge in [-0.2, -0.15) is 0 Å². The van der Waals surface area contributed by atoms with Gasteiger partial charge in [0.25, 0.3) is 0 Å². The molecule has 0 N–H and O–H groups in total. The van der Waals surface area contributed by atoms with Crippen LogP contribution in [0.5, 0.6) is 11.5 Å². The number of anilines is 1. The standard InChI is InChI=1S/C15H15NO4/c17-14-10-3-1-2-4-11(10)15(18)16(14)9-5-6-12-13(7-9)20-8-19-12/h5-7,10-11H,1-4,8H2/t10-,11-/m0/s1. The quantitative estimate of drug-likeness (QED) is 0.735. The van der Waals surface area contributed by atoms with Crippen LogP contribution in [0.15, 0.2) is 18.2 Å². The summed E-state index contributed by atoms with van der Waals surface area (Å²) in [5, 5.41) is 0. The van der Waals surface area contributed by atoms with Crippen LogP contribution < -0.4 is 14.4 Å². The molecule has 0 radical (unpaired) electrons. The minimum Gasteiger partial charge on any atom is -0.454 e. The van der Waals surface area contributed by atoms with E-state index in [1.54, 1.807) is 18.2 Å². The van der Waals surface area contributed by atoms with Crippen LogP contribution in [0.25, 0.3) is 0 Å². The van der Waals surface area contributed by atoms with Gasteiger partial charge in [-0.15, -0.1) is 0 Å². The third-order valence-corrected chi connectivity index (χ3v) is 4.46. The van der Waals surface area contributed by atoms with Gasteiger partial charge in [0.1, 0.15) is 0 Å². The summed E-state index contributed by atoms with van der Waals surface area (Å²) < 4.78 is 10.6. The van der Waals surface area contributed by atoms with E-state index in [0.717, 1.165) is 25.7 Å². The molecule has 5 heteroatoms. The summed E-state index contributed by atoms with van der Waals surface area (Å²) in [6, 6.07) is 5.22. The van der Waals surface area contributed by atoms with Crippen LogP contribution >= 0.6 is 0 Å². The van der Waals surface area contributed by atoms with E-state index in [2.05, 4.69) is 0 Å². The van der Waals surface area contributed by atoms with Crippen LogP contribution in [0.2, 0.25) is 0 Å². The first-order valence-electron chi connectivity index (χ1n) is 7.03. The summed E-state index contributed by atoms with van der Waals surface area (Å²) >= 11 is 0. The smallest absolute Gasteiger partial charge is 0.237 e. The molecule has 0 unspecified atom stereocenters. The molecule has 2 aliphatic heterocycles. The molecule has 2 atom stereocenters. The van der Waals surface area contributed by atoms with Gasteiger partial charge in [0.05, 0.1) is 17.5 Å². The number of carbonyl (C=O) groups excluding carboxylic acids is 2. The van der Waals surface area contributed by atoms with E-state index in [1.807, 2.05) is 0 Å². The Balaban J connectivity index is 1.71. The van der Waals surface area contributed by atoms with E-state index in [9.17, 15) is 9.59 Å². The maximum atomic E-state index is 12.5. The van der Waals surface area contributed by atoms with E-state index in [4.69, 9.17) is 9.47 Å². The van der Waals surface area contributed by atoms with Gasteiger partial charge in [0.2, 0.25) is 18.6 Å². The maximum absolute atomic E-state index is 12.5. The predicted octanol–water partition coefficient (Wildman–Crippen LogP) is 2.09. The van der Waals surface area contributed by atoms with Gasteiger partial charge in [-0.05, 0) is 25.0 Å². The van der Waals surface area contributed by atoms with Gasteiger partial charge < -0.3 is 9.47 Å². The van der Waals surface area contributed by atoms with Crippen molar-refractivity contribution < 1.29 is 19.1 Å². The van der Waals surface area contributed by atoms with E-state index >= 15 is 0 Å². The third kappa shape index (κ3) is 1.55. The van der Waals surface area contributed by atoms with Crippen molar-refractivity contribution in [2.24, 2.45) is 11.8 Å². The fraction of sp³-hybridized carbons (Fsp3) is 0.467. The van der Waals surface area contributed by atoms with E-state index in [1.165, 1.54) is 4.90 Å². The largest absolute Gasteiger partial charge is 0.454 e. The molecule has 104 valence electrons. The Morgan fingerprint density at radius 2 is 1.60 bits per heavy atom. The number of fused-ring (bicyclic) bond motifs is 2. The summed E-state index contributed by atoms with van der Waals surface area (Å²) in [5.41, 5.74) is 0.596. The lowest BCUT2D eigenvalue weighted by Crippen LogP contribution is -2.30. The van der Waals surface area contributed by atoms with Crippen molar-refractivity contribution in [2.75, 3.05) is 11.7 Å². The Labute approximate surface area is 116 Å². The number of benzene rings is 1. The second-order valence-corrected chi connectivity index (χ2v) is 5.55. The number of ether oxygens (including phenoxy) is 2. The van der Waals surface area contributed by atoms with Gasteiger partial charge >= 0.3 is 0 Å². The highest BCUT2D eigenvalue weighted by molar-refractivity contribution is 6.22. The van der Waals surface area contributed by atoms with Crippen LogP contribution in [0.3, 0.4) is 0 Å². The van der Waals surface area contributed by atoms with Crippen LogP contribution in [0.1, 0.15) is 25.7 Å². The molecule has 3 aliphatic rings. The minimum absolute atomic E-state index is 0.0569. The molecule has 1 saturated carbocycles. The van der Waals surface area contributed by atoms with Crippen LogP contribution in [-0.4, -0.2) is 18.6 Å². The highest BCUT2D eigenvalue weighted by Crippen LogP contribution is 2.42. The predicted molar refractivity (Wildman–Crippen MR) is 70.5 cm³/mol. The Bertz CT molecular complexity index is 574. The highest BCUT2D eigenvalue weighted by Gasteiger charge is 2.48. The zero-order valence-electron chi connectivity index (χ0n) is 11.0. The summed E-state index contributed by atoms with van der Waals surface area (Å²) in [4.78, 5) is 26.3. The van der Waals surface area contributed by atoms with Crippen LogP contribution in [-0.2, 0) is 9.59 Å². The molecule has 20 heavy (non-hydrogen) atoms. The van der Waals surface area contributed by atoms with E-state index < -0.39 is 0 Å². The van der Waals surface area contributed by atoms with Crippen molar-refractivity contribution in [1.29, 1.82) is 0 Å². The average Bonchev–Trinajstić information content (AvgIpc) is 3.03. The van der Waals surface area contributed by atoms with Crippen molar-refractivity contribution in [1.82, 2.24) is 0 Å². The van der Waals surface area contributed by atoms with Crippen LogP contribution in [0, 0.1) is 11.8 Å². The molecule has 0 bridgehead atoms. The van der Waals surface area contributed by atoms with Gasteiger partial charge in [-0.25, -0.2) is 4.90 Å². The Morgan fingerprint density at radius 1 is 0.950 bits per heavy atom. The fourth-order valence-corrected chi connectivity index (χ4v) is 3.44. The van der Waals surface area contributed by atoms with Gasteiger partial charge in [-0.1, -0.05) is 12.8 Å². The zero-order chi connectivity index (χ0) is 13.7. The summed E-state index contributed by atoms with van der Waals surface area (Å²) in [7, 11) is 0. The topological polar surface area (TPSA) is 55.8 Å². The van der Waals surface area contributed by atoms with E-state index in [0.29, 0.717) is 17.2 Å². The van der Waals surface area contributed by atoms with Gasteiger partial charge in [-0.3, -0.25) is 9.59 Å². The van der Waals surface area contributed by atoms with Crippen molar-refractivity contribution >= 4 is 17.5 Å². The molecule has 0 spiro atoms. The highest BCUT2D eigenvalue weighted by atomic mass is 16.7. The Morgan fingerprint density at radius 3 is 2.30 bits per heavy atom. The number of amides is 2. The normalized spacial score (nSPS) is 27.9. The van der Waals surface area contributed by atoms with Crippen molar-refractivity contribution in [3.63, 3.8) is 0 Å². The maximum Gasteiger partial charge on any atom is 0.237 e. The first-order valence-corrected chi connectivity index (χ1v) is 7.03. The molecule has 1 aliphatic carbocycles. The lowest BCUT2D eigenvalue weighted by atomic mass is 9.81. The van der Waals surface area contributed by atoms with Gasteiger partial charge in [0, 0.05) is 6.07 Å². The molecule has 2 amide bonds. The molecular formula is C15H15NO4. The SMILES string of the molecule is O=C1[C@H]2CCCC[C@@H]2C(=O)N1c1ccc2c(c1)OCO2. The minimum atomic E-state index is -0.123. The van der Waals surface area contributed by atoms with Crippen molar-refractivity contribution in [3.05, 3.63) is 18.2 Å². The molecular weight excluding hydrogens is 258 g/mol. The number of carbonyl (C=O) groups is 2. The third-order valence-electron chi connectivity index (χ3n) is 4.46. The monoisotopic (exact) mass is 273 g/mol. The first-order chi connectivity index (χ1) is 9.75. The number of imide groups is 1. The summed E-state index contributed by atoms with van der Waals surface area (Å²) in [6.07, 6.45) is 3.73. The summed E-state index contributed by atoms with van der Waals surface area (Å²) in [6.45, 7) is 0.186. The van der Waals surface area contributed by atoms with E-state index in [-0.39, 0.29) is 30.4 Å². The number of hydrogen-bond donors (Lipinski definition) is 0. The second kappa shape index (κ2) is 4.23. The molecule has 1 aromatic rings. The second-order valence-electron chi connectivity index (χ2n) is 5.55. The number of rotatable bonds is 1. The fourth-order valence-electron chi connectivity index (χ4n) is 3.44. The zero-order valence-corrected chi connectivity index (χ0v) is 11.0. The number of hydrogen-bond acceptors (Lipinski definition) is 4. The first kappa shape index (κ1) is 11.8. The molecule has 5 nitrogen and oxygen atoms in total. The molecule has 0 aromatic heterocycles. The summed E-state index contributed by atoms with van der Waals surface area (Å²) in [5.74, 6) is 0.892. The molecule has 4 rings (SSSR count). The number of nitrogens with zero attached hydrogens (tertiary/aromatic N) is 1. The lowest BCUT2D eigenvalue weighted by molar-refractivity contribution is -0.122. The Kier molecular flexibility index (Phi) is 2.49. The molecule has 2 fully saturated rings.